The maximum Gasteiger partial charge on any atom is 0.0544 e. The van der Waals surface area contributed by atoms with Gasteiger partial charge < -0.3 is 0 Å². The van der Waals surface area contributed by atoms with E-state index in [0.717, 1.165) is 12.2 Å². The van der Waals surface area contributed by atoms with Crippen molar-refractivity contribution in [3.05, 3.63) is 30.3 Å². The summed E-state index contributed by atoms with van der Waals surface area (Å²) in [6, 6.07) is 9.83. The minimum Gasteiger partial charge on any atom is -0.294 e. The molecule has 0 fully saturated rings. The van der Waals surface area contributed by atoms with E-state index >= 15 is 0 Å². The lowest BCUT2D eigenvalue weighted by molar-refractivity contribution is -0.0967. The number of para-hydroxylation sites is 1. The Morgan fingerprint density at radius 2 is 1.69 bits per heavy atom. The molecule has 72 valence electrons. The lowest BCUT2D eigenvalue weighted by Crippen LogP contribution is -2.40. The van der Waals surface area contributed by atoms with Crippen LogP contribution in [0.25, 0.3) is 0 Å². The SMILES string of the molecule is CCN(O)N(CC)c1ccccc1. The first-order valence-corrected chi connectivity index (χ1v) is 4.58. The molecular weight excluding hydrogens is 164 g/mol. The third kappa shape index (κ3) is 2.44. The van der Waals surface area contributed by atoms with E-state index < -0.39 is 0 Å². The number of hydrogen-bond donors (Lipinski definition) is 1. The van der Waals surface area contributed by atoms with E-state index in [1.165, 1.54) is 5.17 Å². The first kappa shape index (κ1) is 10.0. The summed E-state index contributed by atoms with van der Waals surface area (Å²) in [5.74, 6) is 0. The molecule has 3 heteroatoms. The van der Waals surface area contributed by atoms with Crippen molar-refractivity contribution in [2.45, 2.75) is 13.8 Å². The Labute approximate surface area is 79.1 Å². The van der Waals surface area contributed by atoms with Crippen LogP contribution in [0.1, 0.15) is 13.8 Å². The second-order valence-electron chi connectivity index (χ2n) is 2.74. The molecule has 0 unspecified atom stereocenters. The maximum absolute atomic E-state index is 9.53. The molecule has 0 amide bonds. The van der Waals surface area contributed by atoms with Gasteiger partial charge in [-0.1, -0.05) is 18.2 Å². The van der Waals surface area contributed by atoms with Crippen molar-refractivity contribution in [2.75, 3.05) is 18.1 Å². The van der Waals surface area contributed by atoms with Gasteiger partial charge in [0.15, 0.2) is 0 Å². The number of anilines is 1. The lowest BCUT2D eigenvalue weighted by atomic mass is 10.3. The maximum atomic E-state index is 9.53. The molecule has 0 atom stereocenters. The molecule has 0 bridgehead atoms. The molecule has 0 aromatic heterocycles. The summed E-state index contributed by atoms with van der Waals surface area (Å²) in [6.07, 6.45) is 0. The largest absolute Gasteiger partial charge is 0.294 e. The smallest absolute Gasteiger partial charge is 0.0544 e. The third-order valence-corrected chi connectivity index (χ3v) is 1.92. The molecule has 0 saturated carbocycles. The molecule has 0 heterocycles. The van der Waals surface area contributed by atoms with Crippen LogP contribution in [0.4, 0.5) is 5.69 Å². The molecule has 13 heavy (non-hydrogen) atoms. The van der Waals surface area contributed by atoms with Crippen LogP contribution in [0, 0.1) is 0 Å². The van der Waals surface area contributed by atoms with Gasteiger partial charge in [-0.15, -0.1) is 5.17 Å². The molecule has 0 aliphatic carbocycles. The van der Waals surface area contributed by atoms with Crippen LogP contribution in [-0.4, -0.2) is 23.5 Å². The first-order valence-electron chi connectivity index (χ1n) is 4.58. The number of benzene rings is 1. The Hall–Kier alpha value is -1.06. The lowest BCUT2D eigenvalue weighted by Gasteiger charge is -2.29. The van der Waals surface area contributed by atoms with Crippen molar-refractivity contribution in [3.63, 3.8) is 0 Å². The van der Waals surface area contributed by atoms with Crippen molar-refractivity contribution < 1.29 is 5.21 Å². The highest BCUT2D eigenvalue weighted by atomic mass is 16.5. The Kier molecular flexibility index (Phi) is 3.73. The van der Waals surface area contributed by atoms with Gasteiger partial charge in [0.2, 0.25) is 0 Å². The zero-order chi connectivity index (χ0) is 9.68. The Morgan fingerprint density at radius 3 is 2.15 bits per heavy atom. The summed E-state index contributed by atoms with van der Waals surface area (Å²) in [5.41, 5.74) is 1.01. The Morgan fingerprint density at radius 1 is 1.08 bits per heavy atom. The molecule has 1 N–H and O–H groups in total. The van der Waals surface area contributed by atoms with Gasteiger partial charge >= 0.3 is 0 Å². The average Bonchev–Trinajstić information content (AvgIpc) is 2.20. The highest BCUT2D eigenvalue weighted by molar-refractivity contribution is 5.44. The number of rotatable bonds is 4. The van der Waals surface area contributed by atoms with Crippen molar-refractivity contribution >= 4 is 5.69 Å². The minimum atomic E-state index is 0.586. The fraction of sp³-hybridized carbons (Fsp3) is 0.400. The molecule has 0 aliphatic heterocycles. The fourth-order valence-corrected chi connectivity index (χ4v) is 1.25. The van der Waals surface area contributed by atoms with E-state index in [1.54, 1.807) is 0 Å². The first-order chi connectivity index (χ1) is 6.29. The summed E-state index contributed by atoms with van der Waals surface area (Å²) in [7, 11) is 0. The number of hydroxylamine groups is 1. The number of hydrogen-bond acceptors (Lipinski definition) is 3. The third-order valence-electron chi connectivity index (χ3n) is 1.92. The number of hydrazine groups is 1. The Bertz CT molecular complexity index is 238. The van der Waals surface area contributed by atoms with Crippen LogP contribution in [0.2, 0.25) is 0 Å². The van der Waals surface area contributed by atoms with Crippen molar-refractivity contribution in [2.24, 2.45) is 0 Å². The molecule has 1 aromatic rings. The standard InChI is InChI=1S/C10H16N2O/c1-3-11(12(13)4-2)10-8-6-5-7-9-10/h5-9,13H,3-4H2,1-2H3. The Balaban J connectivity index is 2.78. The second-order valence-corrected chi connectivity index (χ2v) is 2.74. The van der Waals surface area contributed by atoms with Crippen LogP contribution in [0.15, 0.2) is 30.3 Å². The van der Waals surface area contributed by atoms with E-state index in [-0.39, 0.29) is 0 Å². The molecule has 0 aliphatic rings. The highest BCUT2D eigenvalue weighted by Gasteiger charge is 2.08. The van der Waals surface area contributed by atoms with Gasteiger partial charge in [0.05, 0.1) is 5.69 Å². The van der Waals surface area contributed by atoms with Gasteiger partial charge in [-0.25, -0.2) is 0 Å². The summed E-state index contributed by atoms with van der Waals surface area (Å²) in [6.45, 7) is 5.26. The van der Waals surface area contributed by atoms with Gasteiger partial charge in [0.25, 0.3) is 0 Å². The molecule has 1 rings (SSSR count). The van der Waals surface area contributed by atoms with Crippen LogP contribution < -0.4 is 5.01 Å². The molecule has 0 spiro atoms. The van der Waals surface area contributed by atoms with E-state index in [2.05, 4.69) is 0 Å². The monoisotopic (exact) mass is 180 g/mol. The van der Waals surface area contributed by atoms with Gasteiger partial charge in [0.1, 0.15) is 0 Å². The predicted octanol–water partition coefficient (Wildman–Crippen LogP) is 2.14. The van der Waals surface area contributed by atoms with Crippen LogP contribution in [0.3, 0.4) is 0 Å². The average molecular weight is 180 g/mol. The fourth-order valence-electron chi connectivity index (χ4n) is 1.25. The van der Waals surface area contributed by atoms with E-state index in [4.69, 9.17) is 0 Å². The zero-order valence-electron chi connectivity index (χ0n) is 8.14. The van der Waals surface area contributed by atoms with Crippen LogP contribution in [-0.2, 0) is 0 Å². The molecule has 1 aromatic carbocycles. The van der Waals surface area contributed by atoms with Crippen molar-refractivity contribution in [3.8, 4) is 0 Å². The molecule has 0 radical (unpaired) electrons. The summed E-state index contributed by atoms with van der Waals surface area (Å²) in [5, 5.41) is 12.6. The van der Waals surface area contributed by atoms with Gasteiger partial charge in [0, 0.05) is 13.1 Å². The van der Waals surface area contributed by atoms with E-state index in [1.807, 2.05) is 49.2 Å². The topological polar surface area (TPSA) is 26.7 Å². The molecular formula is C10H16N2O. The van der Waals surface area contributed by atoms with Gasteiger partial charge in [-0.3, -0.25) is 10.2 Å². The summed E-state index contributed by atoms with van der Waals surface area (Å²) >= 11 is 0. The van der Waals surface area contributed by atoms with E-state index in [0.29, 0.717) is 6.54 Å². The summed E-state index contributed by atoms with van der Waals surface area (Å²) < 4.78 is 0. The van der Waals surface area contributed by atoms with Gasteiger partial charge in [-0.2, -0.15) is 0 Å². The van der Waals surface area contributed by atoms with Crippen molar-refractivity contribution in [1.29, 1.82) is 0 Å². The number of nitrogens with zero attached hydrogens (tertiary/aromatic N) is 2. The second kappa shape index (κ2) is 4.84. The summed E-state index contributed by atoms with van der Waals surface area (Å²) in [4.78, 5) is 0. The van der Waals surface area contributed by atoms with Crippen LogP contribution in [0.5, 0.6) is 0 Å². The molecule has 3 nitrogen and oxygen atoms in total. The van der Waals surface area contributed by atoms with Crippen LogP contribution >= 0.6 is 0 Å². The molecule has 0 saturated heterocycles. The minimum absolute atomic E-state index is 0.586. The van der Waals surface area contributed by atoms with Gasteiger partial charge in [-0.05, 0) is 26.0 Å². The van der Waals surface area contributed by atoms with E-state index in [9.17, 15) is 5.21 Å². The quantitative estimate of drug-likeness (QED) is 0.719. The zero-order valence-corrected chi connectivity index (χ0v) is 8.14. The normalized spacial score (nSPS) is 10.5. The van der Waals surface area contributed by atoms with Crippen molar-refractivity contribution in [1.82, 2.24) is 5.17 Å². The predicted molar refractivity (Wildman–Crippen MR) is 53.6 cm³/mol. The highest BCUT2D eigenvalue weighted by Crippen LogP contribution is 2.13.